The standard InChI is InChI=1S/C27H38O3/c1-26-14-12-23(28)24(30-3)21(26)10-9-19-20(26)11-13-27(2)22(19)16-18(25(27)29)15-17-7-5-4-6-8-17/h4-8,15,19-25,28-29H,9-14,16H2,1-3H3/b18-15-/t19-,20+,21+,22+,23-,24-,25?,26-,27+/m0/s1. The maximum atomic E-state index is 11.4. The predicted octanol–water partition coefficient (Wildman–Crippen LogP) is 5.07. The third-order valence-corrected chi connectivity index (χ3v) is 9.99. The van der Waals surface area contributed by atoms with Crippen molar-refractivity contribution in [1.82, 2.24) is 0 Å². The minimum Gasteiger partial charge on any atom is -0.390 e. The van der Waals surface area contributed by atoms with Crippen LogP contribution in [0.3, 0.4) is 0 Å². The van der Waals surface area contributed by atoms with Gasteiger partial charge >= 0.3 is 0 Å². The number of ether oxygens (including phenoxy) is 1. The Bertz CT molecular complexity index is 804. The van der Waals surface area contributed by atoms with E-state index >= 15 is 0 Å². The molecule has 164 valence electrons. The van der Waals surface area contributed by atoms with E-state index in [1.165, 1.54) is 24.0 Å². The van der Waals surface area contributed by atoms with Gasteiger partial charge in [0.2, 0.25) is 0 Å². The molecule has 0 amide bonds. The number of fused-ring (bicyclic) bond motifs is 5. The molecule has 0 aliphatic heterocycles. The van der Waals surface area contributed by atoms with Crippen LogP contribution >= 0.6 is 0 Å². The van der Waals surface area contributed by atoms with Gasteiger partial charge in [0.1, 0.15) is 0 Å². The van der Waals surface area contributed by atoms with Crippen molar-refractivity contribution in [2.24, 2.45) is 34.5 Å². The molecule has 4 fully saturated rings. The Labute approximate surface area is 181 Å². The van der Waals surface area contributed by atoms with Crippen molar-refractivity contribution in [3.8, 4) is 0 Å². The normalized spacial score (nSPS) is 49.4. The Hall–Kier alpha value is -1.16. The number of hydrogen-bond donors (Lipinski definition) is 2. The molecule has 1 aromatic carbocycles. The minimum absolute atomic E-state index is 0.000183. The van der Waals surface area contributed by atoms with Crippen molar-refractivity contribution in [1.29, 1.82) is 0 Å². The summed E-state index contributed by atoms with van der Waals surface area (Å²) in [6.45, 7) is 4.84. The van der Waals surface area contributed by atoms with Crippen molar-refractivity contribution in [2.75, 3.05) is 7.11 Å². The SMILES string of the molecule is CO[C@H]1[C@H]2CC[C@H]3[C@@H](CC[C@@]4(C)C(O)/C(=C\c5ccccc5)C[C@H]34)[C@]2(C)CC[C@@H]1O. The molecule has 0 heterocycles. The Kier molecular flexibility index (Phi) is 5.16. The molecule has 4 aliphatic carbocycles. The third kappa shape index (κ3) is 2.96. The Balaban J connectivity index is 1.44. The van der Waals surface area contributed by atoms with Gasteiger partial charge in [-0.1, -0.05) is 50.3 Å². The molecule has 0 spiro atoms. The van der Waals surface area contributed by atoms with E-state index in [0.29, 0.717) is 23.7 Å². The van der Waals surface area contributed by atoms with E-state index < -0.39 is 0 Å². The summed E-state index contributed by atoms with van der Waals surface area (Å²) < 4.78 is 5.83. The van der Waals surface area contributed by atoms with E-state index in [1.807, 2.05) is 6.07 Å². The van der Waals surface area contributed by atoms with Gasteiger partial charge in [0.05, 0.1) is 18.3 Å². The summed E-state index contributed by atoms with van der Waals surface area (Å²) in [5.74, 6) is 2.38. The van der Waals surface area contributed by atoms with Crippen molar-refractivity contribution in [2.45, 2.75) is 77.1 Å². The fourth-order valence-corrected chi connectivity index (χ4v) is 8.37. The molecule has 4 aliphatic rings. The zero-order valence-electron chi connectivity index (χ0n) is 18.8. The zero-order chi connectivity index (χ0) is 21.1. The van der Waals surface area contributed by atoms with E-state index in [4.69, 9.17) is 4.74 Å². The molecule has 4 saturated carbocycles. The second kappa shape index (κ2) is 7.46. The minimum atomic E-state index is -0.325. The van der Waals surface area contributed by atoms with E-state index in [0.717, 1.165) is 32.1 Å². The lowest BCUT2D eigenvalue weighted by molar-refractivity contribution is -0.184. The van der Waals surface area contributed by atoms with Crippen LogP contribution in [0.25, 0.3) is 6.08 Å². The maximum absolute atomic E-state index is 11.4. The van der Waals surface area contributed by atoms with Crippen molar-refractivity contribution in [3.05, 3.63) is 41.5 Å². The Morgan fingerprint density at radius 1 is 0.900 bits per heavy atom. The number of aliphatic hydroxyl groups excluding tert-OH is 2. The lowest BCUT2D eigenvalue weighted by atomic mass is 9.44. The molecule has 0 bridgehead atoms. The van der Waals surface area contributed by atoms with Gasteiger partial charge in [0.25, 0.3) is 0 Å². The highest BCUT2D eigenvalue weighted by atomic mass is 16.5. The molecule has 3 heteroatoms. The average Bonchev–Trinajstić information content (AvgIpc) is 3.00. The van der Waals surface area contributed by atoms with E-state index in [9.17, 15) is 10.2 Å². The van der Waals surface area contributed by atoms with Gasteiger partial charge in [0.15, 0.2) is 0 Å². The molecule has 1 unspecified atom stereocenters. The van der Waals surface area contributed by atoms with Gasteiger partial charge in [0, 0.05) is 12.5 Å². The fraction of sp³-hybridized carbons (Fsp3) is 0.704. The number of benzene rings is 1. The first kappa shape index (κ1) is 20.7. The van der Waals surface area contributed by atoms with Crippen LogP contribution < -0.4 is 0 Å². The van der Waals surface area contributed by atoms with Crippen LogP contribution in [-0.4, -0.2) is 35.6 Å². The third-order valence-electron chi connectivity index (χ3n) is 9.99. The lowest BCUT2D eigenvalue weighted by Gasteiger charge is -2.61. The second-order valence-electron chi connectivity index (χ2n) is 11.2. The fourth-order valence-electron chi connectivity index (χ4n) is 8.37. The Morgan fingerprint density at radius 3 is 2.37 bits per heavy atom. The molecule has 30 heavy (non-hydrogen) atoms. The first-order chi connectivity index (χ1) is 14.4. The monoisotopic (exact) mass is 410 g/mol. The quantitative estimate of drug-likeness (QED) is 0.716. The number of aliphatic hydroxyl groups is 2. The van der Waals surface area contributed by atoms with Crippen LogP contribution in [0.4, 0.5) is 0 Å². The molecule has 9 atom stereocenters. The van der Waals surface area contributed by atoms with Crippen LogP contribution in [0.15, 0.2) is 35.9 Å². The molecule has 0 aromatic heterocycles. The summed E-state index contributed by atoms with van der Waals surface area (Å²) in [6.07, 6.45) is 9.26. The molecule has 3 nitrogen and oxygen atoms in total. The summed E-state index contributed by atoms with van der Waals surface area (Å²) in [4.78, 5) is 0. The highest BCUT2D eigenvalue weighted by Crippen LogP contribution is 2.67. The van der Waals surface area contributed by atoms with Crippen LogP contribution in [0.5, 0.6) is 0 Å². The van der Waals surface area contributed by atoms with Crippen molar-refractivity contribution >= 4 is 6.08 Å². The molecule has 2 N–H and O–H groups in total. The van der Waals surface area contributed by atoms with Crippen LogP contribution in [0.2, 0.25) is 0 Å². The molecular weight excluding hydrogens is 372 g/mol. The topological polar surface area (TPSA) is 49.7 Å². The van der Waals surface area contributed by atoms with E-state index in [-0.39, 0.29) is 29.1 Å². The lowest BCUT2D eigenvalue weighted by Crippen LogP contribution is -2.58. The predicted molar refractivity (Wildman–Crippen MR) is 120 cm³/mol. The largest absolute Gasteiger partial charge is 0.390 e. The smallest absolute Gasteiger partial charge is 0.0863 e. The van der Waals surface area contributed by atoms with Crippen LogP contribution in [0, 0.1) is 34.5 Å². The van der Waals surface area contributed by atoms with Crippen LogP contribution in [-0.2, 0) is 4.74 Å². The molecule has 0 radical (unpaired) electrons. The average molecular weight is 411 g/mol. The summed E-state index contributed by atoms with van der Waals surface area (Å²) in [5.41, 5.74) is 2.68. The summed E-state index contributed by atoms with van der Waals surface area (Å²) in [7, 11) is 1.78. The van der Waals surface area contributed by atoms with E-state index in [1.54, 1.807) is 7.11 Å². The van der Waals surface area contributed by atoms with Gasteiger partial charge in [-0.15, -0.1) is 0 Å². The highest BCUT2D eigenvalue weighted by molar-refractivity contribution is 5.55. The Morgan fingerprint density at radius 2 is 1.63 bits per heavy atom. The molecular formula is C27H38O3. The number of methoxy groups -OCH3 is 1. The first-order valence-electron chi connectivity index (χ1n) is 12.0. The van der Waals surface area contributed by atoms with Crippen molar-refractivity contribution in [3.63, 3.8) is 0 Å². The van der Waals surface area contributed by atoms with E-state index in [2.05, 4.69) is 44.2 Å². The van der Waals surface area contributed by atoms with Gasteiger partial charge in [-0.25, -0.2) is 0 Å². The number of hydrogen-bond acceptors (Lipinski definition) is 3. The van der Waals surface area contributed by atoms with Crippen molar-refractivity contribution < 1.29 is 14.9 Å². The molecule has 0 saturated heterocycles. The summed E-state index contributed by atoms with van der Waals surface area (Å²) in [5, 5.41) is 21.9. The maximum Gasteiger partial charge on any atom is 0.0863 e. The first-order valence-corrected chi connectivity index (χ1v) is 12.0. The summed E-state index contributed by atoms with van der Waals surface area (Å²) >= 11 is 0. The molecule has 1 aromatic rings. The van der Waals surface area contributed by atoms with Gasteiger partial charge < -0.3 is 14.9 Å². The summed E-state index contributed by atoms with van der Waals surface area (Å²) in [6, 6.07) is 10.5. The number of rotatable bonds is 2. The van der Waals surface area contributed by atoms with Gasteiger partial charge in [-0.05, 0) is 85.2 Å². The van der Waals surface area contributed by atoms with Gasteiger partial charge in [-0.2, -0.15) is 0 Å². The zero-order valence-corrected chi connectivity index (χ0v) is 18.8. The highest BCUT2D eigenvalue weighted by Gasteiger charge is 2.62. The van der Waals surface area contributed by atoms with Gasteiger partial charge in [-0.3, -0.25) is 0 Å². The second-order valence-corrected chi connectivity index (χ2v) is 11.2. The van der Waals surface area contributed by atoms with Crippen LogP contribution in [0.1, 0.15) is 64.4 Å². The molecule has 5 rings (SSSR count).